The summed E-state index contributed by atoms with van der Waals surface area (Å²) in [6, 6.07) is 13.8. The number of nitro groups is 1. The molecule has 0 aliphatic carbocycles. The Balaban J connectivity index is 1.95. The molecule has 2 aromatic rings. The molecule has 0 radical (unpaired) electrons. The van der Waals surface area contributed by atoms with Crippen LogP contribution in [0.3, 0.4) is 0 Å². The van der Waals surface area contributed by atoms with E-state index in [0.717, 1.165) is 5.56 Å². The third-order valence-electron chi connectivity index (χ3n) is 4.68. The summed E-state index contributed by atoms with van der Waals surface area (Å²) in [5.74, 6) is 0.175. The van der Waals surface area contributed by atoms with E-state index in [0.29, 0.717) is 25.2 Å². The average molecular weight is 413 g/mol. The fourth-order valence-electron chi connectivity index (χ4n) is 3.36. The minimum absolute atomic E-state index is 0.127. The molecule has 1 unspecified atom stereocenters. The Morgan fingerprint density at radius 1 is 1.20 bits per heavy atom. The van der Waals surface area contributed by atoms with Crippen molar-refractivity contribution in [2.75, 3.05) is 19.6 Å². The number of amides is 1. The molecule has 160 valence electrons. The van der Waals surface area contributed by atoms with Gasteiger partial charge in [0.05, 0.1) is 11.0 Å². The summed E-state index contributed by atoms with van der Waals surface area (Å²) in [6.07, 6.45) is -0.450. The first kappa shape index (κ1) is 21.6. The van der Waals surface area contributed by atoms with Gasteiger partial charge in [-0.15, -0.1) is 0 Å². The van der Waals surface area contributed by atoms with Crippen molar-refractivity contribution >= 4 is 11.8 Å². The number of hydrogen-bond donors (Lipinski definition) is 1. The number of ether oxygens (including phenoxy) is 2. The number of benzene rings is 2. The molecule has 3 rings (SSSR count). The van der Waals surface area contributed by atoms with E-state index in [1.165, 1.54) is 6.07 Å². The van der Waals surface area contributed by atoms with Crippen LogP contribution < -0.4 is 10.1 Å². The highest BCUT2D eigenvalue weighted by molar-refractivity contribution is 5.70. The fraction of sp³-hybridized carbons (Fsp3) is 0.409. The number of piperazine rings is 1. The molecular weight excluding hydrogens is 386 g/mol. The maximum atomic E-state index is 12.8. The van der Waals surface area contributed by atoms with Gasteiger partial charge < -0.3 is 14.8 Å². The largest absolute Gasteiger partial charge is 0.482 e. The van der Waals surface area contributed by atoms with E-state index < -0.39 is 22.7 Å². The van der Waals surface area contributed by atoms with Crippen LogP contribution in [0.4, 0.5) is 10.5 Å². The van der Waals surface area contributed by atoms with Crippen LogP contribution in [0.15, 0.2) is 48.5 Å². The standard InChI is InChI=1S/C22H27N3O5/c1-22(2,3)30-21(26)24-13-12-23-14-19(24)17-10-7-11-18(25(27)28)20(17)29-15-16-8-5-4-6-9-16/h4-11,19,23H,12-15H2,1-3H3. The van der Waals surface area contributed by atoms with Gasteiger partial charge in [-0.05, 0) is 26.3 Å². The van der Waals surface area contributed by atoms with Gasteiger partial charge in [-0.2, -0.15) is 0 Å². The van der Waals surface area contributed by atoms with E-state index in [1.54, 1.807) is 17.0 Å². The van der Waals surface area contributed by atoms with Gasteiger partial charge in [0, 0.05) is 31.3 Å². The van der Waals surface area contributed by atoms with E-state index in [-0.39, 0.29) is 18.0 Å². The highest BCUT2D eigenvalue weighted by Crippen LogP contribution is 2.38. The minimum Gasteiger partial charge on any atom is -0.482 e. The van der Waals surface area contributed by atoms with Crippen LogP contribution in [0.1, 0.15) is 37.9 Å². The van der Waals surface area contributed by atoms with Gasteiger partial charge in [0.2, 0.25) is 5.75 Å². The monoisotopic (exact) mass is 413 g/mol. The van der Waals surface area contributed by atoms with Crippen LogP contribution in [-0.2, 0) is 11.3 Å². The molecule has 1 saturated heterocycles. The number of carbonyl (C=O) groups is 1. The first-order valence-electron chi connectivity index (χ1n) is 9.90. The zero-order chi connectivity index (χ0) is 21.7. The smallest absolute Gasteiger partial charge is 0.410 e. The molecule has 2 aromatic carbocycles. The van der Waals surface area contributed by atoms with Crippen molar-refractivity contribution in [1.29, 1.82) is 0 Å². The lowest BCUT2D eigenvalue weighted by Gasteiger charge is -2.37. The van der Waals surface area contributed by atoms with Gasteiger partial charge in [0.15, 0.2) is 0 Å². The lowest BCUT2D eigenvalue weighted by Crippen LogP contribution is -2.50. The van der Waals surface area contributed by atoms with E-state index >= 15 is 0 Å². The van der Waals surface area contributed by atoms with Gasteiger partial charge >= 0.3 is 11.8 Å². The number of carbonyl (C=O) groups excluding carboxylic acids is 1. The van der Waals surface area contributed by atoms with E-state index in [1.807, 2.05) is 51.1 Å². The Labute approximate surface area is 175 Å². The highest BCUT2D eigenvalue weighted by atomic mass is 16.6. The molecular formula is C22H27N3O5. The quantitative estimate of drug-likeness (QED) is 0.587. The average Bonchev–Trinajstić information content (AvgIpc) is 2.71. The van der Waals surface area contributed by atoms with E-state index in [4.69, 9.17) is 9.47 Å². The first-order chi connectivity index (χ1) is 14.3. The summed E-state index contributed by atoms with van der Waals surface area (Å²) in [6.45, 7) is 7.11. The Hall–Kier alpha value is -3.13. The highest BCUT2D eigenvalue weighted by Gasteiger charge is 2.35. The maximum absolute atomic E-state index is 12.8. The second-order valence-corrected chi connectivity index (χ2v) is 8.12. The van der Waals surface area contributed by atoms with Crippen molar-refractivity contribution in [3.8, 4) is 5.75 Å². The lowest BCUT2D eigenvalue weighted by atomic mass is 10.0. The molecule has 8 nitrogen and oxygen atoms in total. The summed E-state index contributed by atoms with van der Waals surface area (Å²) in [5.41, 5.74) is 0.714. The summed E-state index contributed by atoms with van der Waals surface area (Å²) in [4.78, 5) is 25.6. The van der Waals surface area contributed by atoms with Gasteiger partial charge in [-0.1, -0.05) is 42.5 Å². The second-order valence-electron chi connectivity index (χ2n) is 8.12. The zero-order valence-electron chi connectivity index (χ0n) is 17.5. The normalized spacial score (nSPS) is 16.8. The molecule has 30 heavy (non-hydrogen) atoms. The zero-order valence-corrected chi connectivity index (χ0v) is 17.5. The van der Waals surface area contributed by atoms with Crippen LogP contribution in [0.5, 0.6) is 5.75 Å². The number of nitrogens with one attached hydrogen (secondary N) is 1. The number of para-hydroxylation sites is 1. The molecule has 1 heterocycles. The number of nitro benzene ring substituents is 1. The van der Waals surface area contributed by atoms with Crippen molar-refractivity contribution < 1.29 is 19.2 Å². The molecule has 8 heteroatoms. The fourth-order valence-corrected chi connectivity index (χ4v) is 3.36. The third kappa shape index (κ3) is 5.27. The third-order valence-corrected chi connectivity index (χ3v) is 4.68. The molecule has 1 aliphatic heterocycles. The Morgan fingerprint density at radius 3 is 2.60 bits per heavy atom. The molecule has 1 aliphatic rings. The van der Waals surface area contributed by atoms with Crippen molar-refractivity contribution in [2.45, 2.75) is 39.0 Å². The number of nitrogens with zero attached hydrogens (tertiary/aromatic N) is 2. The molecule has 1 N–H and O–H groups in total. The van der Waals surface area contributed by atoms with Crippen molar-refractivity contribution in [3.63, 3.8) is 0 Å². The second kappa shape index (κ2) is 9.13. The maximum Gasteiger partial charge on any atom is 0.410 e. The lowest BCUT2D eigenvalue weighted by molar-refractivity contribution is -0.386. The molecule has 0 saturated carbocycles. The van der Waals surface area contributed by atoms with Gasteiger partial charge in [-0.3, -0.25) is 15.0 Å². The Bertz CT molecular complexity index is 895. The summed E-state index contributed by atoms with van der Waals surface area (Å²) in [5, 5.41) is 14.9. The van der Waals surface area contributed by atoms with Crippen LogP contribution in [0.2, 0.25) is 0 Å². The molecule has 1 fully saturated rings. The van der Waals surface area contributed by atoms with Gasteiger partial charge in [0.1, 0.15) is 12.2 Å². The minimum atomic E-state index is -0.637. The van der Waals surface area contributed by atoms with Crippen LogP contribution >= 0.6 is 0 Å². The van der Waals surface area contributed by atoms with Crippen LogP contribution in [0, 0.1) is 10.1 Å². The van der Waals surface area contributed by atoms with Gasteiger partial charge in [0.25, 0.3) is 0 Å². The van der Waals surface area contributed by atoms with E-state index in [9.17, 15) is 14.9 Å². The number of rotatable bonds is 5. The number of hydrogen-bond acceptors (Lipinski definition) is 6. The summed E-state index contributed by atoms with van der Waals surface area (Å²) >= 11 is 0. The topological polar surface area (TPSA) is 93.9 Å². The predicted molar refractivity (Wildman–Crippen MR) is 112 cm³/mol. The SMILES string of the molecule is CC(C)(C)OC(=O)N1CCNCC1c1cccc([N+](=O)[O-])c1OCc1ccccc1. The van der Waals surface area contributed by atoms with Crippen molar-refractivity contribution in [2.24, 2.45) is 0 Å². The summed E-state index contributed by atoms with van der Waals surface area (Å²) < 4.78 is 11.5. The molecule has 1 amide bonds. The van der Waals surface area contributed by atoms with Crippen molar-refractivity contribution in [3.05, 3.63) is 69.8 Å². The van der Waals surface area contributed by atoms with Crippen LogP contribution in [-0.4, -0.2) is 41.2 Å². The Morgan fingerprint density at radius 2 is 1.93 bits per heavy atom. The molecule has 0 aromatic heterocycles. The summed E-state index contributed by atoms with van der Waals surface area (Å²) in [7, 11) is 0. The molecule has 0 spiro atoms. The molecule has 1 atom stereocenters. The molecule has 0 bridgehead atoms. The van der Waals surface area contributed by atoms with E-state index in [2.05, 4.69) is 5.32 Å². The Kier molecular flexibility index (Phi) is 6.56. The van der Waals surface area contributed by atoms with Crippen molar-refractivity contribution in [1.82, 2.24) is 10.2 Å². The van der Waals surface area contributed by atoms with Crippen LogP contribution in [0.25, 0.3) is 0 Å². The van der Waals surface area contributed by atoms with Gasteiger partial charge in [-0.25, -0.2) is 4.79 Å². The first-order valence-corrected chi connectivity index (χ1v) is 9.90. The predicted octanol–water partition coefficient (Wildman–Crippen LogP) is 4.06.